The van der Waals surface area contributed by atoms with Crippen LogP contribution in [0, 0.1) is 0 Å². The lowest BCUT2D eigenvalue weighted by atomic mass is 10.0. The first-order chi connectivity index (χ1) is 26.4. The zero-order chi connectivity index (χ0) is 43.9. The molecule has 1 aromatic rings. The average Bonchev–Trinajstić information content (AvgIpc) is 3.10. The van der Waals surface area contributed by atoms with Gasteiger partial charge in [-0.15, -0.1) is 0 Å². The van der Waals surface area contributed by atoms with Gasteiger partial charge in [0.25, 0.3) is 0 Å². The molecule has 0 bridgehead atoms. The summed E-state index contributed by atoms with van der Waals surface area (Å²) < 4.78 is 63.5. The van der Waals surface area contributed by atoms with Gasteiger partial charge in [0.2, 0.25) is 29.5 Å². The number of alkyl halides is 6. The quantitative estimate of drug-likeness (QED) is 0.0481. The van der Waals surface area contributed by atoms with E-state index < -0.39 is 96.9 Å². The molecule has 5 amide bonds. The van der Waals surface area contributed by atoms with Gasteiger partial charge in [-0.2, -0.15) is 26.3 Å². The fourth-order valence-electron chi connectivity index (χ4n) is 4.33. The minimum Gasteiger partial charge on any atom is -0.481 e. The minimum atomic E-state index is -5.08. The van der Waals surface area contributed by atoms with Crippen molar-refractivity contribution >= 4 is 53.4 Å². The smallest absolute Gasteiger partial charge is 0.481 e. The number of unbranched alkanes of at least 4 members (excludes halogenated alkanes) is 1. The predicted octanol–water partition coefficient (Wildman–Crippen LogP) is -1.78. The van der Waals surface area contributed by atoms with Crippen LogP contribution in [0.5, 0.6) is 0 Å². The maximum atomic E-state index is 13.6. The lowest BCUT2D eigenvalue weighted by Gasteiger charge is -2.26. The number of rotatable bonds is 12. The van der Waals surface area contributed by atoms with Gasteiger partial charge in [0.05, 0.1) is 13.0 Å². The molecule has 1 heterocycles. The summed E-state index contributed by atoms with van der Waals surface area (Å²) in [5.41, 5.74) is 17.0. The Labute approximate surface area is 319 Å². The Morgan fingerprint density at radius 1 is 0.684 bits per heavy atom. The van der Waals surface area contributed by atoms with Crippen LogP contribution >= 0.6 is 0 Å². The fraction of sp³-hybridized carbons (Fsp3) is 0.516. The molecule has 1 aromatic carbocycles. The van der Waals surface area contributed by atoms with Gasteiger partial charge in [-0.05, 0) is 44.2 Å². The summed E-state index contributed by atoms with van der Waals surface area (Å²) in [6.45, 7) is -0.0746. The van der Waals surface area contributed by atoms with E-state index in [0.717, 1.165) is 0 Å². The van der Waals surface area contributed by atoms with E-state index in [1.54, 1.807) is 30.3 Å². The van der Waals surface area contributed by atoms with E-state index in [9.17, 15) is 60.2 Å². The van der Waals surface area contributed by atoms with Crippen LogP contribution in [-0.4, -0.2) is 125 Å². The fourth-order valence-corrected chi connectivity index (χ4v) is 4.33. The highest BCUT2D eigenvalue weighted by Gasteiger charge is 2.39. The zero-order valence-corrected chi connectivity index (χ0v) is 29.8. The Balaban J connectivity index is 0.00000189. The normalized spacial score (nSPS) is 19.4. The molecule has 26 heteroatoms. The molecule has 1 aliphatic heterocycles. The van der Waals surface area contributed by atoms with Gasteiger partial charge in [0, 0.05) is 13.0 Å². The van der Waals surface area contributed by atoms with Gasteiger partial charge in [0.15, 0.2) is 5.96 Å². The standard InChI is InChI=1S/C27H41N9O7.2C2HF3O2/c28-11-5-4-9-18-24(41)34-17(10-6-12-31-27(29)30)23(40)32-15-21(37)33-20(14-22(38)39)26(43)36-19(25(42)35-18)13-16-7-2-1-3-8-16;2*3-2(4,5)1(6)7/h1-3,7-8,17-20H,4-6,9-15,28H2,(H,32,40)(H,33,37)(H,34,41)(H,35,42)(H,36,43)(H,38,39)(H4,29,30,31);2*(H,6,7). The maximum absolute atomic E-state index is 13.6. The average molecular weight is 832 g/mol. The van der Waals surface area contributed by atoms with Crippen molar-refractivity contribution in [3.05, 3.63) is 35.9 Å². The summed E-state index contributed by atoms with van der Waals surface area (Å²) in [5.74, 6) is -10.9. The van der Waals surface area contributed by atoms with Crippen molar-refractivity contribution in [3.8, 4) is 0 Å². The molecular formula is C31H43F6N9O11. The number of nitrogens with zero attached hydrogens (tertiary/aromatic N) is 1. The topological polar surface area (TPSA) is 348 Å². The van der Waals surface area contributed by atoms with E-state index in [1.807, 2.05) is 0 Å². The second-order valence-corrected chi connectivity index (χ2v) is 11.6. The van der Waals surface area contributed by atoms with E-state index in [-0.39, 0.29) is 31.8 Å². The maximum Gasteiger partial charge on any atom is 0.490 e. The number of carboxylic acids is 3. The van der Waals surface area contributed by atoms with Gasteiger partial charge in [-0.1, -0.05) is 30.3 Å². The molecule has 20 nitrogen and oxygen atoms in total. The highest BCUT2D eigenvalue weighted by molar-refractivity contribution is 5.98. The molecule has 4 atom stereocenters. The summed E-state index contributed by atoms with van der Waals surface area (Å²) in [7, 11) is 0. The molecule has 0 spiro atoms. The number of hydrogen-bond acceptors (Lipinski definition) is 10. The summed E-state index contributed by atoms with van der Waals surface area (Å²) in [6.07, 6.45) is -9.31. The Bertz CT molecular complexity index is 1540. The number of guanidine groups is 1. The van der Waals surface area contributed by atoms with Crippen molar-refractivity contribution in [2.75, 3.05) is 19.6 Å². The number of aliphatic carboxylic acids is 3. The summed E-state index contributed by atoms with van der Waals surface area (Å²) in [4.78, 5) is 98.9. The van der Waals surface area contributed by atoms with Crippen LogP contribution in [0.2, 0.25) is 0 Å². The first-order valence-corrected chi connectivity index (χ1v) is 16.5. The van der Waals surface area contributed by atoms with Gasteiger partial charge in [-0.3, -0.25) is 33.8 Å². The van der Waals surface area contributed by atoms with Crippen LogP contribution in [0.1, 0.15) is 44.1 Å². The molecule has 4 unspecified atom stereocenters. The molecule has 1 fully saturated rings. The minimum absolute atomic E-state index is 0.0107. The lowest BCUT2D eigenvalue weighted by Crippen LogP contribution is -2.58. The Kier molecular flexibility index (Phi) is 22.3. The Hall–Kier alpha value is -6.21. The monoisotopic (exact) mass is 831 g/mol. The summed E-state index contributed by atoms with van der Waals surface area (Å²) in [6, 6.07) is 3.75. The number of nitrogens with one attached hydrogen (secondary N) is 5. The van der Waals surface area contributed by atoms with Gasteiger partial charge in [-0.25, -0.2) is 9.59 Å². The molecule has 1 saturated heterocycles. The highest BCUT2D eigenvalue weighted by atomic mass is 19.4. The number of hydrogen-bond donors (Lipinski definition) is 11. The van der Waals surface area contributed by atoms with E-state index in [4.69, 9.17) is 37.0 Å². The lowest BCUT2D eigenvalue weighted by molar-refractivity contribution is -0.193. The van der Waals surface area contributed by atoms with Crippen LogP contribution in [-0.2, 0) is 44.8 Å². The number of halogens is 6. The molecule has 0 aliphatic carbocycles. The number of nitrogens with two attached hydrogens (primary N) is 3. The van der Waals surface area contributed by atoms with Gasteiger partial charge < -0.3 is 59.1 Å². The number of amides is 5. The molecule has 1 aliphatic rings. The molecule has 0 saturated carbocycles. The molecule has 2 rings (SSSR count). The number of carbonyl (C=O) groups excluding carboxylic acids is 5. The Morgan fingerprint density at radius 3 is 1.61 bits per heavy atom. The Morgan fingerprint density at radius 2 is 1.14 bits per heavy atom. The molecular weight excluding hydrogens is 788 g/mol. The van der Waals surface area contributed by atoms with Crippen LogP contribution < -0.4 is 43.8 Å². The van der Waals surface area contributed by atoms with Crippen LogP contribution in [0.3, 0.4) is 0 Å². The van der Waals surface area contributed by atoms with E-state index in [1.165, 1.54) is 0 Å². The van der Waals surface area contributed by atoms with Crippen LogP contribution in [0.25, 0.3) is 0 Å². The molecule has 320 valence electrons. The van der Waals surface area contributed by atoms with Gasteiger partial charge >= 0.3 is 30.3 Å². The largest absolute Gasteiger partial charge is 0.490 e. The third kappa shape index (κ3) is 22.7. The first kappa shape index (κ1) is 50.8. The molecule has 0 radical (unpaired) electrons. The predicted molar refractivity (Wildman–Crippen MR) is 183 cm³/mol. The SMILES string of the molecule is NCCCCC1NC(=O)C(Cc2ccccc2)NC(=O)C(CC(=O)O)NC(=O)CNC(=O)C(CCCN=C(N)N)NC1=O.O=C(O)C(F)(F)F.O=C(O)C(F)(F)F. The second-order valence-electron chi connectivity index (χ2n) is 11.6. The number of aliphatic imine (C=N–C) groups is 1. The molecule has 0 aromatic heterocycles. The molecule has 57 heavy (non-hydrogen) atoms. The number of carbonyl (C=O) groups is 8. The van der Waals surface area contributed by atoms with Crippen molar-refractivity contribution in [3.63, 3.8) is 0 Å². The van der Waals surface area contributed by atoms with E-state index in [2.05, 4.69) is 31.6 Å². The first-order valence-electron chi connectivity index (χ1n) is 16.5. The third-order valence-electron chi connectivity index (χ3n) is 7.01. The van der Waals surface area contributed by atoms with Crippen molar-refractivity contribution in [1.82, 2.24) is 26.6 Å². The summed E-state index contributed by atoms with van der Waals surface area (Å²) in [5, 5.41) is 36.1. The third-order valence-corrected chi connectivity index (χ3v) is 7.01. The highest BCUT2D eigenvalue weighted by Crippen LogP contribution is 2.14. The second kappa shape index (κ2) is 25.0. The van der Waals surface area contributed by atoms with Crippen molar-refractivity contribution in [2.45, 2.75) is 81.5 Å². The zero-order valence-electron chi connectivity index (χ0n) is 29.8. The van der Waals surface area contributed by atoms with E-state index in [0.29, 0.717) is 31.4 Å². The van der Waals surface area contributed by atoms with Gasteiger partial charge in [0.1, 0.15) is 24.2 Å². The van der Waals surface area contributed by atoms with Crippen molar-refractivity contribution in [1.29, 1.82) is 0 Å². The van der Waals surface area contributed by atoms with E-state index >= 15 is 0 Å². The van der Waals surface area contributed by atoms with Crippen molar-refractivity contribution in [2.24, 2.45) is 22.2 Å². The van der Waals surface area contributed by atoms with Crippen LogP contribution in [0.15, 0.2) is 35.3 Å². The molecule has 14 N–H and O–H groups in total. The van der Waals surface area contributed by atoms with Crippen molar-refractivity contribution < 1.29 is 80.0 Å². The number of carboxylic acid groups (broad SMARTS) is 3. The van der Waals surface area contributed by atoms with Crippen LogP contribution in [0.4, 0.5) is 26.3 Å². The number of benzene rings is 1. The summed E-state index contributed by atoms with van der Waals surface area (Å²) >= 11 is 0.